The highest BCUT2D eigenvalue weighted by atomic mass is 32.2. The summed E-state index contributed by atoms with van der Waals surface area (Å²) >= 11 is 0. The van der Waals surface area contributed by atoms with Crippen LogP contribution >= 0.6 is 0 Å². The van der Waals surface area contributed by atoms with E-state index in [1.807, 2.05) is 6.92 Å². The number of sulfonamides is 1. The zero-order valence-electron chi connectivity index (χ0n) is 17.1. The van der Waals surface area contributed by atoms with Gasteiger partial charge in [-0.2, -0.15) is 4.31 Å². The van der Waals surface area contributed by atoms with E-state index in [0.717, 1.165) is 9.87 Å². The summed E-state index contributed by atoms with van der Waals surface area (Å²) in [6.07, 6.45) is 0. The first-order valence-corrected chi connectivity index (χ1v) is 10.9. The fourth-order valence-corrected chi connectivity index (χ4v) is 4.39. The van der Waals surface area contributed by atoms with Gasteiger partial charge in [0.2, 0.25) is 15.9 Å². The van der Waals surface area contributed by atoms with Crippen LogP contribution in [-0.4, -0.2) is 38.3 Å². The largest absolute Gasteiger partial charge is 0.494 e. The lowest BCUT2D eigenvalue weighted by Crippen LogP contribution is -2.41. The number of likely N-dealkylation sites (N-methyl/N-ethyl adjacent to an activating group) is 1. The molecule has 0 aliphatic heterocycles. The van der Waals surface area contributed by atoms with Crippen molar-refractivity contribution in [3.8, 4) is 5.75 Å². The molecule has 0 aromatic heterocycles. The van der Waals surface area contributed by atoms with Gasteiger partial charge in [-0.3, -0.25) is 4.79 Å². The maximum absolute atomic E-state index is 13.1. The van der Waals surface area contributed by atoms with E-state index in [2.05, 4.69) is 5.32 Å². The second-order valence-electron chi connectivity index (χ2n) is 6.63. The first kappa shape index (κ1) is 22.8. The van der Waals surface area contributed by atoms with Crippen molar-refractivity contribution < 1.29 is 22.3 Å². The predicted molar refractivity (Wildman–Crippen MR) is 110 cm³/mol. The minimum atomic E-state index is -3.84. The molecule has 2 aromatic rings. The van der Waals surface area contributed by atoms with Gasteiger partial charge in [-0.15, -0.1) is 0 Å². The predicted octanol–water partition coefficient (Wildman–Crippen LogP) is 3.42. The van der Waals surface area contributed by atoms with Crippen LogP contribution in [0.4, 0.5) is 4.39 Å². The first-order chi connectivity index (χ1) is 13.7. The molecule has 1 atom stereocenters. The van der Waals surface area contributed by atoms with E-state index in [1.165, 1.54) is 18.2 Å². The van der Waals surface area contributed by atoms with E-state index in [0.29, 0.717) is 17.9 Å². The summed E-state index contributed by atoms with van der Waals surface area (Å²) in [6.45, 7) is 7.39. The second-order valence-corrected chi connectivity index (χ2v) is 8.57. The molecule has 29 heavy (non-hydrogen) atoms. The van der Waals surface area contributed by atoms with Crippen LogP contribution in [0.15, 0.2) is 47.4 Å². The van der Waals surface area contributed by atoms with E-state index in [1.54, 1.807) is 45.0 Å². The van der Waals surface area contributed by atoms with Gasteiger partial charge in [0.05, 0.1) is 24.1 Å². The lowest BCUT2D eigenvalue weighted by molar-refractivity contribution is -0.121. The van der Waals surface area contributed by atoms with Crippen molar-refractivity contribution in [1.82, 2.24) is 9.62 Å². The van der Waals surface area contributed by atoms with Crippen LogP contribution in [0.2, 0.25) is 0 Å². The lowest BCUT2D eigenvalue weighted by Gasteiger charge is -2.22. The van der Waals surface area contributed by atoms with Crippen molar-refractivity contribution >= 4 is 15.9 Å². The summed E-state index contributed by atoms with van der Waals surface area (Å²) in [5, 5.41) is 2.75. The quantitative estimate of drug-likeness (QED) is 0.672. The van der Waals surface area contributed by atoms with Gasteiger partial charge in [0, 0.05) is 6.54 Å². The number of rotatable bonds is 9. The number of nitrogens with zero attached hydrogens (tertiary/aromatic N) is 1. The van der Waals surface area contributed by atoms with Crippen LogP contribution in [0.3, 0.4) is 0 Å². The Morgan fingerprint density at radius 1 is 1.17 bits per heavy atom. The number of hydrogen-bond donors (Lipinski definition) is 1. The molecule has 0 aliphatic carbocycles. The van der Waals surface area contributed by atoms with Gasteiger partial charge < -0.3 is 10.1 Å². The summed E-state index contributed by atoms with van der Waals surface area (Å²) < 4.78 is 45.6. The zero-order chi connectivity index (χ0) is 21.6. The minimum Gasteiger partial charge on any atom is -0.494 e. The van der Waals surface area contributed by atoms with E-state index in [4.69, 9.17) is 4.74 Å². The van der Waals surface area contributed by atoms with E-state index < -0.39 is 15.9 Å². The molecule has 6 nitrogen and oxygen atoms in total. The number of carbonyl (C=O) groups is 1. The monoisotopic (exact) mass is 422 g/mol. The Bertz CT molecular complexity index is 946. The molecule has 2 rings (SSSR count). The fourth-order valence-electron chi connectivity index (χ4n) is 2.90. The first-order valence-electron chi connectivity index (χ1n) is 9.47. The molecule has 0 bridgehead atoms. The van der Waals surface area contributed by atoms with Gasteiger partial charge in [0.1, 0.15) is 11.6 Å². The number of halogens is 1. The van der Waals surface area contributed by atoms with Crippen molar-refractivity contribution in [3.05, 3.63) is 59.4 Å². The Hall–Kier alpha value is -2.45. The molecule has 1 amide bonds. The van der Waals surface area contributed by atoms with Crippen LogP contribution in [-0.2, 0) is 14.8 Å². The molecular formula is C21H27FN2O4S. The molecule has 1 N–H and O–H groups in total. The Balaban J connectivity index is 2.12. The van der Waals surface area contributed by atoms with Gasteiger partial charge in [-0.1, -0.05) is 19.1 Å². The van der Waals surface area contributed by atoms with Crippen molar-refractivity contribution in [3.63, 3.8) is 0 Å². The maximum atomic E-state index is 13.1. The van der Waals surface area contributed by atoms with Crippen molar-refractivity contribution in [2.45, 2.75) is 38.6 Å². The number of hydrogen-bond acceptors (Lipinski definition) is 4. The standard InChI is InChI=1S/C21H27FN2O4S/c1-5-24(14-21(25)23-16(4)17-7-9-18(22)10-8-17)29(26,27)19-11-12-20(28-6-2)15(3)13-19/h7-13,16H,5-6,14H2,1-4H3,(H,23,25). The lowest BCUT2D eigenvalue weighted by atomic mass is 10.1. The Kier molecular flexibility index (Phi) is 7.75. The van der Waals surface area contributed by atoms with E-state index >= 15 is 0 Å². The van der Waals surface area contributed by atoms with Gasteiger partial charge in [-0.05, 0) is 62.2 Å². The molecule has 8 heteroatoms. The highest BCUT2D eigenvalue weighted by molar-refractivity contribution is 7.89. The average molecular weight is 423 g/mol. The second kappa shape index (κ2) is 9.84. The highest BCUT2D eigenvalue weighted by Gasteiger charge is 2.26. The van der Waals surface area contributed by atoms with E-state index in [-0.39, 0.29) is 29.8 Å². The Morgan fingerprint density at radius 2 is 1.83 bits per heavy atom. The molecule has 0 saturated carbocycles. The highest BCUT2D eigenvalue weighted by Crippen LogP contribution is 2.24. The third kappa shape index (κ3) is 5.77. The average Bonchev–Trinajstić information content (AvgIpc) is 2.68. The maximum Gasteiger partial charge on any atom is 0.243 e. The van der Waals surface area contributed by atoms with Crippen molar-refractivity contribution in [2.75, 3.05) is 19.7 Å². The van der Waals surface area contributed by atoms with Crippen molar-refractivity contribution in [2.24, 2.45) is 0 Å². The molecule has 0 radical (unpaired) electrons. The number of aryl methyl sites for hydroxylation is 1. The number of carbonyl (C=O) groups excluding carboxylic acids is 1. The van der Waals surface area contributed by atoms with Crippen LogP contribution < -0.4 is 10.1 Å². The number of ether oxygens (including phenoxy) is 1. The van der Waals surface area contributed by atoms with Gasteiger partial charge >= 0.3 is 0 Å². The minimum absolute atomic E-state index is 0.111. The fraction of sp³-hybridized carbons (Fsp3) is 0.381. The number of amides is 1. The van der Waals surface area contributed by atoms with Crippen LogP contribution in [0.5, 0.6) is 5.75 Å². The summed E-state index contributed by atoms with van der Waals surface area (Å²) in [4.78, 5) is 12.5. The summed E-state index contributed by atoms with van der Waals surface area (Å²) in [5.74, 6) is -0.170. The third-order valence-corrected chi connectivity index (χ3v) is 6.42. The van der Waals surface area contributed by atoms with Crippen molar-refractivity contribution in [1.29, 1.82) is 0 Å². The summed E-state index contributed by atoms with van der Waals surface area (Å²) in [5.41, 5.74) is 1.44. The molecule has 0 heterocycles. The zero-order valence-corrected chi connectivity index (χ0v) is 17.9. The third-order valence-electron chi connectivity index (χ3n) is 4.50. The molecule has 1 unspecified atom stereocenters. The van der Waals surface area contributed by atoms with E-state index in [9.17, 15) is 17.6 Å². The molecule has 0 saturated heterocycles. The smallest absolute Gasteiger partial charge is 0.243 e. The van der Waals surface area contributed by atoms with Gasteiger partial charge in [0.15, 0.2) is 0 Å². The molecule has 0 aliphatic rings. The topological polar surface area (TPSA) is 75.7 Å². The van der Waals surface area contributed by atoms with Gasteiger partial charge in [0.25, 0.3) is 0 Å². The van der Waals surface area contributed by atoms with Gasteiger partial charge in [-0.25, -0.2) is 12.8 Å². The molecule has 2 aromatic carbocycles. The summed E-state index contributed by atoms with van der Waals surface area (Å²) in [7, 11) is -3.84. The van der Waals surface area contributed by atoms with Crippen LogP contribution in [0.25, 0.3) is 0 Å². The SMILES string of the molecule is CCOc1ccc(S(=O)(=O)N(CC)CC(=O)NC(C)c2ccc(F)cc2)cc1C. The molecule has 158 valence electrons. The number of nitrogens with one attached hydrogen (secondary N) is 1. The Labute approximate surface area is 171 Å². The van der Waals surface area contributed by atoms with Crippen LogP contribution in [0, 0.1) is 12.7 Å². The molecule has 0 spiro atoms. The molecular weight excluding hydrogens is 395 g/mol. The number of benzene rings is 2. The summed E-state index contributed by atoms with van der Waals surface area (Å²) in [6, 6.07) is 10.1. The van der Waals surface area contributed by atoms with Crippen LogP contribution in [0.1, 0.15) is 37.9 Å². The Morgan fingerprint density at radius 3 is 2.38 bits per heavy atom. The normalized spacial score (nSPS) is 12.6. The molecule has 0 fully saturated rings.